The van der Waals surface area contributed by atoms with E-state index in [9.17, 15) is 26.6 Å². The third-order valence-electron chi connectivity index (χ3n) is 4.25. The summed E-state index contributed by atoms with van der Waals surface area (Å²) in [5.41, 5.74) is -1.89. The lowest BCUT2D eigenvalue weighted by molar-refractivity contribution is -0.137. The van der Waals surface area contributed by atoms with Crippen LogP contribution < -0.4 is 14.8 Å². The fraction of sp³-hybridized carbons (Fsp3) is 0.143. The molecule has 2 aromatic carbocycles. The number of hydrogen-bond acceptors (Lipinski definition) is 6. The Hall–Kier alpha value is -3.38. The summed E-state index contributed by atoms with van der Waals surface area (Å²) in [6, 6.07) is 5.90. The summed E-state index contributed by atoms with van der Waals surface area (Å²) in [7, 11) is -6.31. The molecule has 0 saturated heterocycles. The van der Waals surface area contributed by atoms with Gasteiger partial charge in [0, 0.05) is 24.2 Å². The zero-order valence-electron chi connectivity index (χ0n) is 20.0. The zero-order chi connectivity index (χ0) is 27.8. The van der Waals surface area contributed by atoms with Crippen LogP contribution in [-0.4, -0.2) is 28.4 Å². The molecule has 1 heterocycles. The summed E-state index contributed by atoms with van der Waals surface area (Å²) in [4.78, 5) is 16.8. The van der Waals surface area contributed by atoms with Gasteiger partial charge in [-0.1, -0.05) is 11.6 Å². The number of benzene rings is 2. The highest BCUT2D eigenvalue weighted by molar-refractivity contribution is 7.91. The van der Waals surface area contributed by atoms with Gasteiger partial charge in [-0.15, -0.1) is 0 Å². The first-order valence-electron chi connectivity index (χ1n) is 10.5. The van der Waals surface area contributed by atoms with Gasteiger partial charge in [0.05, 0.1) is 37.0 Å². The minimum Gasteiger partial charge on any atom is -0.493 e. The Kier molecular flexibility index (Phi) is 5.90. The highest BCUT2D eigenvalue weighted by Gasteiger charge is 2.35. The third-order valence-corrected chi connectivity index (χ3v) is 5.58. The van der Waals surface area contributed by atoms with Crippen LogP contribution in [0.2, 0.25) is 5.02 Å². The summed E-state index contributed by atoms with van der Waals surface area (Å²) in [6.07, 6.45) is -2.69. The highest BCUT2D eigenvalue weighted by atomic mass is 35.5. The molecule has 0 fully saturated rings. The first kappa shape index (κ1) is 21.2. The third kappa shape index (κ3) is 5.75. The number of carbonyl (C=O) groups is 1. The van der Waals surface area contributed by atoms with E-state index in [0.29, 0.717) is 18.2 Å². The van der Waals surface area contributed by atoms with E-state index in [4.69, 9.17) is 25.2 Å². The first-order chi connectivity index (χ1) is 16.9. The molecule has 34 heavy (non-hydrogen) atoms. The van der Waals surface area contributed by atoms with E-state index in [1.165, 1.54) is 6.07 Å². The number of rotatable bonds is 6. The van der Waals surface area contributed by atoms with Gasteiger partial charge >= 0.3 is 6.18 Å². The molecular weight excluding hydrogens is 502 g/mol. The van der Waals surface area contributed by atoms with Crippen molar-refractivity contribution < 1.29 is 40.2 Å². The number of nitrogens with zero attached hydrogens (tertiary/aromatic N) is 1. The number of amides is 1. The number of methoxy groups -OCH3 is 1. The summed E-state index contributed by atoms with van der Waals surface area (Å²) in [5.74, 6) is -3.84. The van der Waals surface area contributed by atoms with Crippen LogP contribution in [0, 0.1) is 10.6 Å². The maximum absolute atomic E-state index is 13.7. The lowest BCUT2D eigenvalue weighted by Gasteiger charge is -2.17. The number of hydrogen-bond donors (Lipinski definition) is 2. The Labute approximate surface area is 200 Å². The second-order valence-corrected chi connectivity index (χ2v) is 9.31. The van der Waals surface area contributed by atoms with E-state index < -0.39 is 68.1 Å². The molecular formula is C21H16ClF4N3O4S. The molecule has 0 bridgehead atoms. The molecule has 3 rings (SSSR count). The summed E-state index contributed by atoms with van der Waals surface area (Å²) >= 11 is 5.78. The van der Waals surface area contributed by atoms with Crippen molar-refractivity contribution in [1.29, 1.82) is 4.78 Å². The van der Waals surface area contributed by atoms with Gasteiger partial charge in [-0.25, -0.2) is 18.4 Å². The van der Waals surface area contributed by atoms with Crippen molar-refractivity contribution in [3.63, 3.8) is 0 Å². The Balaban J connectivity index is 2.10. The van der Waals surface area contributed by atoms with Crippen molar-refractivity contribution in [1.82, 2.24) is 4.98 Å². The minimum absolute atomic E-state index is 0.00648. The number of ether oxygens (including phenoxy) is 2. The van der Waals surface area contributed by atoms with Crippen molar-refractivity contribution in [3.8, 4) is 17.2 Å². The average Bonchev–Trinajstić information content (AvgIpc) is 2.74. The van der Waals surface area contributed by atoms with Gasteiger partial charge in [-0.3, -0.25) is 4.79 Å². The quantitative estimate of drug-likeness (QED) is 0.389. The second kappa shape index (κ2) is 9.47. The van der Waals surface area contributed by atoms with E-state index in [-0.39, 0.29) is 10.7 Å². The number of alkyl halides is 3. The van der Waals surface area contributed by atoms with Crippen molar-refractivity contribution in [2.75, 3.05) is 18.6 Å². The number of aromatic nitrogens is 1. The maximum Gasteiger partial charge on any atom is 0.417 e. The molecule has 0 aliphatic carbocycles. The number of carbonyl (C=O) groups excluding carboxylic acids is 1. The van der Waals surface area contributed by atoms with Crippen LogP contribution in [0.15, 0.2) is 53.7 Å². The Morgan fingerprint density at radius 1 is 1.18 bits per heavy atom. The van der Waals surface area contributed by atoms with Gasteiger partial charge < -0.3 is 14.8 Å². The molecule has 7 nitrogen and oxygen atoms in total. The summed E-state index contributed by atoms with van der Waals surface area (Å²) in [5, 5.41) is 1.35. The van der Waals surface area contributed by atoms with E-state index >= 15 is 0 Å². The summed E-state index contributed by atoms with van der Waals surface area (Å²) in [6.45, 7) is 0. The average molecular weight is 521 g/mol. The molecule has 0 aliphatic heterocycles. The summed E-state index contributed by atoms with van der Waals surface area (Å²) < 4.78 is 106. The zero-order valence-corrected chi connectivity index (χ0v) is 18.6. The Bertz CT molecular complexity index is 1470. The van der Waals surface area contributed by atoms with Gasteiger partial charge in [-0.05, 0) is 36.4 Å². The Morgan fingerprint density at radius 2 is 1.91 bits per heavy atom. The number of pyridine rings is 1. The molecule has 3 aromatic rings. The molecule has 13 heteroatoms. The molecule has 180 valence electrons. The maximum atomic E-state index is 13.7. The van der Waals surface area contributed by atoms with Crippen LogP contribution in [0.1, 0.15) is 20.0 Å². The molecule has 0 spiro atoms. The van der Waals surface area contributed by atoms with Crippen molar-refractivity contribution in [2.45, 2.75) is 11.2 Å². The fourth-order valence-electron chi connectivity index (χ4n) is 2.70. The van der Waals surface area contributed by atoms with Crippen molar-refractivity contribution in [2.24, 2.45) is 0 Å². The van der Waals surface area contributed by atoms with Gasteiger partial charge in [0.25, 0.3) is 5.91 Å². The van der Waals surface area contributed by atoms with Gasteiger partial charge in [0.2, 0.25) is 0 Å². The van der Waals surface area contributed by atoms with Crippen LogP contribution in [0.4, 0.5) is 23.2 Å². The number of nitrogens with one attached hydrogen (secondary N) is 2. The molecule has 0 aliphatic rings. The highest BCUT2D eigenvalue weighted by Crippen LogP contribution is 2.41. The van der Waals surface area contributed by atoms with E-state index in [1.54, 1.807) is 0 Å². The van der Waals surface area contributed by atoms with Gasteiger partial charge in [0.1, 0.15) is 16.6 Å². The Morgan fingerprint density at radius 3 is 2.56 bits per heavy atom. The van der Waals surface area contributed by atoms with Gasteiger partial charge in [0.15, 0.2) is 11.5 Å². The standard InChI is InChI=1S/C21H16ClF4N3O4S/c1-32-18-7-11(23)3-4-16(18)33-17-10-14(21(24,25)26)15(22)9-13(17)20(30)29-12-5-6-28-19(8-12)34(2,27)31/h3-10,27H,1-2H3,(H,28,29,30)/t34-/m0/s1/i1D3. The van der Waals surface area contributed by atoms with Crippen LogP contribution in [0.25, 0.3) is 0 Å². The first-order valence-corrected chi connectivity index (χ1v) is 11.4. The lowest BCUT2D eigenvalue weighted by Crippen LogP contribution is -2.15. The van der Waals surface area contributed by atoms with Crippen molar-refractivity contribution in [3.05, 3.63) is 70.6 Å². The van der Waals surface area contributed by atoms with Crippen LogP contribution in [-0.2, 0) is 15.9 Å². The van der Waals surface area contributed by atoms with Crippen LogP contribution in [0.3, 0.4) is 0 Å². The predicted molar refractivity (Wildman–Crippen MR) is 117 cm³/mol. The van der Waals surface area contributed by atoms with E-state index in [2.05, 4.69) is 15.0 Å². The largest absolute Gasteiger partial charge is 0.493 e. The monoisotopic (exact) mass is 520 g/mol. The predicted octanol–water partition coefficient (Wildman–Crippen LogP) is 5.98. The molecule has 1 atom stereocenters. The minimum atomic E-state index is -4.96. The SMILES string of the molecule is [2H]C([2H])([2H])Oc1cc(F)ccc1Oc1cc(C(F)(F)F)c(Cl)cc1C(=O)Nc1ccnc([S@@](C)(=N)=O)c1. The molecule has 0 radical (unpaired) electrons. The smallest absolute Gasteiger partial charge is 0.417 e. The molecule has 2 N–H and O–H groups in total. The lowest BCUT2D eigenvalue weighted by atomic mass is 10.1. The number of anilines is 1. The molecule has 1 aromatic heterocycles. The fourth-order valence-corrected chi connectivity index (χ4v) is 3.58. The van der Waals surface area contributed by atoms with Crippen molar-refractivity contribution >= 4 is 32.9 Å². The van der Waals surface area contributed by atoms with Gasteiger partial charge in [-0.2, -0.15) is 13.2 Å². The normalized spacial score (nSPS) is 14.8. The second-order valence-electron chi connectivity index (χ2n) is 6.80. The van der Waals surface area contributed by atoms with Crippen LogP contribution >= 0.6 is 11.6 Å². The van der Waals surface area contributed by atoms with E-state index in [1.807, 2.05) is 0 Å². The molecule has 1 amide bonds. The number of halogens is 5. The topological polar surface area (TPSA) is 101 Å². The van der Waals surface area contributed by atoms with Crippen LogP contribution in [0.5, 0.6) is 17.2 Å². The molecule has 0 unspecified atom stereocenters. The molecule has 0 saturated carbocycles. The van der Waals surface area contributed by atoms with E-state index in [0.717, 1.165) is 30.7 Å².